The van der Waals surface area contributed by atoms with Crippen LogP contribution >= 0.6 is 0 Å². The number of pyridine rings is 1. The molecule has 0 unspecified atom stereocenters. The van der Waals surface area contributed by atoms with Crippen LogP contribution in [0.25, 0.3) is 27.6 Å². The normalized spacial score (nSPS) is 12.0. The minimum Gasteiger partial charge on any atom is -0.336 e. The van der Waals surface area contributed by atoms with E-state index in [-0.39, 0.29) is 16.7 Å². The molecule has 2 N–H and O–H groups in total. The topological polar surface area (TPSA) is 97.6 Å². The first kappa shape index (κ1) is 17.8. The van der Waals surface area contributed by atoms with Crippen molar-refractivity contribution < 1.29 is 18.0 Å². The molecule has 3 heterocycles. The number of hydrogen-bond donors (Lipinski definition) is 2. The van der Waals surface area contributed by atoms with E-state index in [2.05, 4.69) is 20.5 Å². The number of H-pyrrole nitrogens is 1. The Hall–Kier alpha value is -3.63. The van der Waals surface area contributed by atoms with Crippen LogP contribution < -0.4 is 10.9 Å². The highest BCUT2D eigenvalue weighted by atomic mass is 19.4. The summed E-state index contributed by atoms with van der Waals surface area (Å²) in [4.78, 5) is 28.9. The number of aromatic amines is 1. The maximum Gasteiger partial charge on any atom is 0.416 e. The highest BCUT2D eigenvalue weighted by molar-refractivity contribution is 6.03. The summed E-state index contributed by atoms with van der Waals surface area (Å²) in [6, 6.07) is 3.92. The van der Waals surface area contributed by atoms with E-state index < -0.39 is 23.3 Å². The van der Waals surface area contributed by atoms with Gasteiger partial charge in [0.15, 0.2) is 5.65 Å². The zero-order chi connectivity index (χ0) is 20.1. The molecular formula is C17H13F3N6O2. The number of carbonyl (C=O) groups excluding carboxylic acids is 1. The zero-order valence-electron chi connectivity index (χ0n) is 14.4. The van der Waals surface area contributed by atoms with Crippen LogP contribution in [0.4, 0.5) is 18.0 Å². The van der Waals surface area contributed by atoms with Crippen LogP contribution in [0.5, 0.6) is 0 Å². The van der Waals surface area contributed by atoms with Crippen LogP contribution in [-0.2, 0) is 6.18 Å². The molecule has 0 bridgehead atoms. The van der Waals surface area contributed by atoms with Gasteiger partial charge in [-0.25, -0.2) is 14.5 Å². The number of nitrogens with one attached hydrogen (secondary N) is 2. The first-order valence-corrected chi connectivity index (χ1v) is 8.24. The second-order valence-electron chi connectivity index (χ2n) is 5.98. The molecule has 8 nitrogen and oxygen atoms in total. The molecule has 0 aliphatic carbocycles. The standard InChI is InChI=1S/C17H13F3N6O2/c1-2-21-16(28)26-14-11(8-23-26)13-12(7-22-14)15(27)25(24-13)10-5-3-4-9(6-10)17(18,19)20/h3-8,24H,2H2,1H3,(H,21,28). The molecule has 0 aliphatic rings. The smallest absolute Gasteiger partial charge is 0.336 e. The van der Waals surface area contributed by atoms with Gasteiger partial charge >= 0.3 is 12.2 Å². The first-order chi connectivity index (χ1) is 13.3. The average Bonchev–Trinajstić information content (AvgIpc) is 3.23. The van der Waals surface area contributed by atoms with Crippen molar-refractivity contribution in [2.75, 3.05) is 6.54 Å². The number of aromatic nitrogens is 5. The fraction of sp³-hybridized carbons (Fsp3) is 0.176. The van der Waals surface area contributed by atoms with Crippen LogP contribution in [0.15, 0.2) is 41.5 Å². The van der Waals surface area contributed by atoms with E-state index in [1.165, 1.54) is 24.5 Å². The molecule has 28 heavy (non-hydrogen) atoms. The average molecular weight is 390 g/mol. The maximum absolute atomic E-state index is 13.0. The Balaban J connectivity index is 1.91. The van der Waals surface area contributed by atoms with Gasteiger partial charge in [0.25, 0.3) is 5.56 Å². The summed E-state index contributed by atoms with van der Waals surface area (Å²) in [5.74, 6) is 0. The zero-order valence-corrected chi connectivity index (χ0v) is 14.4. The Morgan fingerprint density at radius 3 is 2.75 bits per heavy atom. The van der Waals surface area contributed by atoms with E-state index in [4.69, 9.17) is 0 Å². The Morgan fingerprint density at radius 2 is 2.04 bits per heavy atom. The van der Waals surface area contributed by atoms with Crippen molar-refractivity contribution in [2.24, 2.45) is 0 Å². The van der Waals surface area contributed by atoms with Gasteiger partial charge in [0.05, 0.1) is 33.7 Å². The van der Waals surface area contributed by atoms with Gasteiger partial charge in [0.2, 0.25) is 0 Å². The predicted octanol–water partition coefficient (Wildman–Crippen LogP) is 2.66. The van der Waals surface area contributed by atoms with E-state index in [9.17, 15) is 22.8 Å². The number of alkyl halides is 3. The molecule has 11 heteroatoms. The third kappa shape index (κ3) is 2.71. The Morgan fingerprint density at radius 1 is 1.25 bits per heavy atom. The summed E-state index contributed by atoms with van der Waals surface area (Å²) < 4.78 is 41.0. The molecule has 1 amide bonds. The van der Waals surface area contributed by atoms with Crippen molar-refractivity contribution in [1.82, 2.24) is 29.9 Å². The number of hydrogen-bond acceptors (Lipinski definition) is 4. The van der Waals surface area contributed by atoms with Crippen molar-refractivity contribution in [2.45, 2.75) is 13.1 Å². The molecule has 0 aliphatic heterocycles. The molecule has 0 atom stereocenters. The fourth-order valence-electron chi connectivity index (χ4n) is 2.92. The molecule has 144 valence electrons. The molecule has 0 radical (unpaired) electrons. The highest BCUT2D eigenvalue weighted by Gasteiger charge is 2.30. The molecule has 4 aromatic rings. The molecule has 1 aromatic carbocycles. The molecule has 0 spiro atoms. The summed E-state index contributed by atoms with van der Waals surface area (Å²) in [5.41, 5.74) is -0.864. The lowest BCUT2D eigenvalue weighted by atomic mass is 10.2. The molecule has 4 rings (SSSR count). The number of amides is 1. The number of benzene rings is 1. The number of rotatable bonds is 2. The minimum absolute atomic E-state index is 0.0280. The number of carbonyl (C=O) groups is 1. The van der Waals surface area contributed by atoms with E-state index in [1.807, 2.05) is 0 Å². The van der Waals surface area contributed by atoms with Crippen molar-refractivity contribution >= 4 is 28.0 Å². The van der Waals surface area contributed by atoms with Crippen molar-refractivity contribution in [3.05, 3.63) is 52.6 Å². The molecular weight excluding hydrogens is 377 g/mol. The van der Waals surface area contributed by atoms with Gasteiger partial charge in [-0.15, -0.1) is 0 Å². The number of fused-ring (bicyclic) bond motifs is 3. The highest BCUT2D eigenvalue weighted by Crippen LogP contribution is 2.30. The Labute approximate surface area is 154 Å². The van der Waals surface area contributed by atoms with Gasteiger partial charge in [-0.1, -0.05) is 6.07 Å². The van der Waals surface area contributed by atoms with Crippen LogP contribution in [-0.4, -0.2) is 37.1 Å². The van der Waals surface area contributed by atoms with E-state index in [0.717, 1.165) is 21.5 Å². The molecule has 0 fully saturated rings. The summed E-state index contributed by atoms with van der Waals surface area (Å²) in [6.07, 6.45) is -1.90. The number of halogens is 3. The SMILES string of the molecule is CCNC(=O)n1ncc2c3[nH]n(-c4cccc(C(F)(F)F)c4)c(=O)c3cnc21. The quantitative estimate of drug-likeness (QED) is 0.550. The van der Waals surface area contributed by atoms with E-state index in [0.29, 0.717) is 17.4 Å². The predicted molar refractivity (Wildman–Crippen MR) is 94.5 cm³/mol. The second kappa shape index (κ2) is 6.22. The van der Waals surface area contributed by atoms with Gasteiger partial charge in [-0.2, -0.15) is 23.0 Å². The lowest BCUT2D eigenvalue weighted by molar-refractivity contribution is -0.137. The van der Waals surface area contributed by atoms with Gasteiger partial charge in [-0.05, 0) is 25.1 Å². The van der Waals surface area contributed by atoms with E-state index >= 15 is 0 Å². The summed E-state index contributed by atoms with van der Waals surface area (Å²) in [5, 5.41) is 9.93. The molecule has 0 saturated carbocycles. The summed E-state index contributed by atoms with van der Waals surface area (Å²) >= 11 is 0. The van der Waals surface area contributed by atoms with Crippen molar-refractivity contribution in [3.63, 3.8) is 0 Å². The summed E-state index contributed by atoms with van der Waals surface area (Å²) in [6.45, 7) is 2.15. The maximum atomic E-state index is 13.0. The fourth-order valence-corrected chi connectivity index (χ4v) is 2.92. The lowest BCUT2D eigenvalue weighted by Gasteiger charge is -2.08. The monoisotopic (exact) mass is 390 g/mol. The lowest BCUT2D eigenvalue weighted by Crippen LogP contribution is -2.29. The van der Waals surface area contributed by atoms with Gasteiger partial charge in [0.1, 0.15) is 0 Å². The third-order valence-electron chi connectivity index (χ3n) is 4.21. The Kier molecular flexibility index (Phi) is 3.95. The van der Waals surface area contributed by atoms with Gasteiger partial charge in [0, 0.05) is 12.7 Å². The summed E-state index contributed by atoms with van der Waals surface area (Å²) in [7, 11) is 0. The van der Waals surface area contributed by atoms with Gasteiger partial charge < -0.3 is 5.32 Å². The third-order valence-corrected chi connectivity index (χ3v) is 4.21. The van der Waals surface area contributed by atoms with Gasteiger partial charge in [-0.3, -0.25) is 9.89 Å². The van der Waals surface area contributed by atoms with Crippen molar-refractivity contribution in [1.29, 1.82) is 0 Å². The second-order valence-corrected chi connectivity index (χ2v) is 5.98. The molecule has 3 aromatic heterocycles. The van der Waals surface area contributed by atoms with E-state index in [1.54, 1.807) is 6.92 Å². The molecule has 0 saturated heterocycles. The van der Waals surface area contributed by atoms with Crippen LogP contribution in [0.2, 0.25) is 0 Å². The number of nitrogens with zero attached hydrogens (tertiary/aromatic N) is 4. The van der Waals surface area contributed by atoms with Crippen molar-refractivity contribution in [3.8, 4) is 5.69 Å². The largest absolute Gasteiger partial charge is 0.416 e. The minimum atomic E-state index is -4.53. The van der Waals surface area contributed by atoms with Crippen LogP contribution in [0, 0.1) is 0 Å². The van der Waals surface area contributed by atoms with Crippen LogP contribution in [0.3, 0.4) is 0 Å². The Bertz CT molecular complexity index is 1270. The van der Waals surface area contributed by atoms with Crippen LogP contribution in [0.1, 0.15) is 12.5 Å². The first-order valence-electron chi connectivity index (χ1n) is 8.24.